The van der Waals surface area contributed by atoms with E-state index < -0.39 is 5.37 Å². The first-order valence-corrected chi connectivity index (χ1v) is 3.06. The van der Waals surface area contributed by atoms with E-state index in [1.54, 1.807) is 0 Å². The Morgan fingerprint density at radius 3 is 2.30 bits per heavy atom. The highest BCUT2D eigenvalue weighted by molar-refractivity contribution is 6.64. The molecule has 56 valence electrons. The fraction of sp³-hybridized carbons (Fsp3) is 0.333. The molecule has 0 bridgehead atoms. The highest BCUT2D eigenvalue weighted by atomic mass is 35.5. The molecule has 0 heterocycles. The van der Waals surface area contributed by atoms with Crippen molar-refractivity contribution >= 4 is 22.9 Å². The maximum Gasteiger partial charge on any atom is 0.323 e. The van der Waals surface area contributed by atoms with E-state index in [0.29, 0.717) is 0 Å². The van der Waals surface area contributed by atoms with Gasteiger partial charge in [-0.15, -0.1) is 6.58 Å². The van der Waals surface area contributed by atoms with E-state index in [4.69, 9.17) is 11.6 Å². The Morgan fingerprint density at radius 1 is 1.70 bits per heavy atom. The van der Waals surface area contributed by atoms with E-state index in [1.165, 1.54) is 13.0 Å². The minimum Gasteiger partial charge on any atom is -0.275 e. The van der Waals surface area contributed by atoms with Crippen LogP contribution in [-0.2, 0) is 4.79 Å². The van der Waals surface area contributed by atoms with Gasteiger partial charge in [0.1, 0.15) is 0 Å². The molecule has 10 heavy (non-hydrogen) atoms. The lowest BCUT2D eigenvalue weighted by Gasteiger charge is -2.11. The highest BCUT2D eigenvalue weighted by Gasteiger charge is 2.12. The highest BCUT2D eigenvalue weighted by Crippen LogP contribution is 1.96. The smallest absolute Gasteiger partial charge is 0.275 e. The molecule has 0 saturated carbocycles. The van der Waals surface area contributed by atoms with Crippen LogP contribution in [0.4, 0.5) is 4.79 Å². The zero-order chi connectivity index (χ0) is 8.15. The molecule has 0 spiro atoms. The van der Waals surface area contributed by atoms with Crippen LogP contribution >= 0.6 is 11.6 Å². The molecule has 3 nitrogen and oxygen atoms in total. The SMILES string of the molecule is C=CCN(C(C)=O)C(=O)Cl. The lowest BCUT2D eigenvalue weighted by Crippen LogP contribution is -2.30. The number of imide groups is 1. The van der Waals surface area contributed by atoms with Crippen LogP contribution in [0.3, 0.4) is 0 Å². The average molecular weight is 162 g/mol. The molecule has 0 aromatic rings. The number of nitrogens with zero attached hydrogens (tertiary/aromatic N) is 1. The Balaban J connectivity index is 4.11. The number of amides is 2. The summed E-state index contributed by atoms with van der Waals surface area (Å²) in [6, 6.07) is 0. The van der Waals surface area contributed by atoms with Crippen LogP contribution in [0.15, 0.2) is 12.7 Å². The standard InChI is InChI=1S/C6H8ClNO2/c1-3-4-8(5(2)9)6(7)10/h3H,1,4H2,2H3. The summed E-state index contributed by atoms with van der Waals surface area (Å²) in [7, 11) is 0. The van der Waals surface area contributed by atoms with Gasteiger partial charge in [0.15, 0.2) is 0 Å². The third kappa shape index (κ3) is 2.64. The van der Waals surface area contributed by atoms with Crippen molar-refractivity contribution in [2.75, 3.05) is 6.54 Å². The number of rotatable bonds is 2. The zero-order valence-corrected chi connectivity index (χ0v) is 6.39. The minimum absolute atomic E-state index is 0.164. The molecule has 0 unspecified atom stereocenters. The second kappa shape index (κ2) is 4.06. The maximum absolute atomic E-state index is 10.5. The van der Waals surface area contributed by atoms with Crippen LogP contribution < -0.4 is 0 Å². The number of halogens is 1. The molecule has 0 aromatic heterocycles. The summed E-state index contributed by atoms with van der Waals surface area (Å²) >= 11 is 5.04. The summed E-state index contributed by atoms with van der Waals surface area (Å²) in [4.78, 5) is 21.8. The molecule has 0 aliphatic carbocycles. The van der Waals surface area contributed by atoms with Gasteiger partial charge in [0.25, 0.3) is 0 Å². The lowest BCUT2D eigenvalue weighted by molar-refractivity contribution is -0.125. The molecular formula is C6H8ClNO2. The fourth-order valence-corrected chi connectivity index (χ4v) is 0.641. The summed E-state index contributed by atoms with van der Waals surface area (Å²) in [6.07, 6.45) is 1.43. The summed E-state index contributed by atoms with van der Waals surface area (Å²) < 4.78 is 0. The zero-order valence-electron chi connectivity index (χ0n) is 5.63. The molecule has 0 aliphatic heterocycles. The minimum atomic E-state index is -0.771. The Hall–Kier alpha value is -0.830. The number of carbonyl (C=O) groups is 2. The van der Waals surface area contributed by atoms with Gasteiger partial charge in [-0.2, -0.15) is 0 Å². The van der Waals surface area contributed by atoms with Crippen molar-refractivity contribution in [1.29, 1.82) is 0 Å². The van der Waals surface area contributed by atoms with Gasteiger partial charge in [0.05, 0.1) is 0 Å². The first-order valence-electron chi connectivity index (χ1n) is 2.68. The largest absolute Gasteiger partial charge is 0.323 e. The molecule has 2 amide bonds. The van der Waals surface area contributed by atoms with Gasteiger partial charge in [-0.05, 0) is 11.6 Å². The summed E-state index contributed by atoms with van der Waals surface area (Å²) in [5, 5.41) is -0.771. The van der Waals surface area contributed by atoms with E-state index >= 15 is 0 Å². The third-order valence-corrected chi connectivity index (χ3v) is 1.11. The van der Waals surface area contributed by atoms with Crippen LogP contribution in [0.2, 0.25) is 0 Å². The van der Waals surface area contributed by atoms with Crippen LogP contribution in [-0.4, -0.2) is 22.7 Å². The van der Waals surface area contributed by atoms with Crippen molar-refractivity contribution in [1.82, 2.24) is 4.90 Å². The van der Waals surface area contributed by atoms with Crippen molar-refractivity contribution < 1.29 is 9.59 Å². The summed E-state index contributed by atoms with van der Waals surface area (Å²) in [5.41, 5.74) is 0. The lowest BCUT2D eigenvalue weighted by atomic mass is 10.5. The Bertz CT molecular complexity index is 153. The second-order valence-electron chi connectivity index (χ2n) is 1.67. The van der Waals surface area contributed by atoms with Gasteiger partial charge in [-0.25, -0.2) is 0 Å². The van der Waals surface area contributed by atoms with Crippen molar-refractivity contribution in [3.8, 4) is 0 Å². The normalized spacial score (nSPS) is 8.60. The van der Waals surface area contributed by atoms with E-state index in [-0.39, 0.29) is 12.5 Å². The molecule has 0 aliphatic rings. The first-order chi connectivity index (χ1) is 4.59. The molecule has 0 rings (SSSR count). The first kappa shape index (κ1) is 9.17. The van der Waals surface area contributed by atoms with Gasteiger partial charge >= 0.3 is 5.37 Å². The van der Waals surface area contributed by atoms with Crippen LogP contribution in [0.5, 0.6) is 0 Å². The third-order valence-electron chi connectivity index (χ3n) is 0.904. The number of hydrogen-bond donors (Lipinski definition) is 0. The molecule has 0 N–H and O–H groups in total. The van der Waals surface area contributed by atoms with E-state index in [2.05, 4.69) is 6.58 Å². The predicted octanol–water partition coefficient (Wildman–Crippen LogP) is 1.38. The average Bonchev–Trinajstić information content (AvgIpc) is 1.81. The summed E-state index contributed by atoms with van der Waals surface area (Å²) in [6.45, 7) is 4.79. The number of hydrogen-bond acceptors (Lipinski definition) is 2. The van der Waals surface area contributed by atoms with Crippen LogP contribution in [0, 0.1) is 0 Å². The fourth-order valence-electron chi connectivity index (χ4n) is 0.453. The molecular weight excluding hydrogens is 154 g/mol. The molecule has 0 aromatic carbocycles. The molecule has 0 saturated heterocycles. The Kier molecular flexibility index (Phi) is 3.72. The summed E-state index contributed by atoms with van der Waals surface area (Å²) in [5.74, 6) is -0.375. The maximum atomic E-state index is 10.5. The van der Waals surface area contributed by atoms with Crippen molar-refractivity contribution in [2.45, 2.75) is 6.92 Å². The van der Waals surface area contributed by atoms with Crippen LogP contribution in [0.1, 0.15) is 6.92 Å². The van der Waals surface area contributed by atoms with E-state index in [9.17, 15) is 9.59 Å². The quantitative estimate of drug-likeness (QED) is 0.349. The topological polar surface area (TPSA) is 37.4 Å². The molecule has 0 radical (unpaired) electrons. The second-order valence-corrected chi connectivity index (χ2v) is 1.99. The molecule has 0 fully saturated rings. The van der Waals surface area contributed by atoms with Crippen molar-refractivity contribution in [3.05, 3.63) is 12.7 Å². The van der Waals surface area contributed by atoms with E-state index in [0.717, 1.165) is 4.90 Å². The number of carbonyl (C=O) groups excluding carboxylic acids is 2. The van der Waals surface area contributed by atoms with Crippen molar-refractivity contribution in [2.24, 2.45) is 0 Å². The van der Waals surface area contributed by atoms with Gasteiger partial charge in [-0.1, -0.05) is 6.08 Å². The van der Waals surface area contributed by atoms with Gasteiger partial charge < -0.3 is 0 Å². The van der Waals surface area contributed by atoms with Gasteiger partial charge in [0, 0.05) is 13.5 Å². The molecule has 0 atom stereocenters. The molecule has 4 heteroatoms. The Labute approximate surface area is 64.3 Å². The monoisotopic (exact) mass is 161 g/mol. The van der Waals surface area contributed by atoms with E-state index in [1.807, 2.05) is 0 Å². The van der Waals surface area contributed by atoms with Crippen LogP contribution in [0.25, 0.3) is 0 Å². The van der Waals surface area contributed by atoms with Crippen molar-refractivity contribution in [3.63, 3.8) is 0 Å². The Morgan fingerprint density at radius 2 is 2.20 bits per heavy atom. The van der Waals surface area contributed by atoms with Gasteiger partial charge in [0.2, 0.25) is 5.91 Å². The van der Waals surface area contributed by atoms with Gasteiger partial charge in [-0.3, -0.25) is 14.5 Å². The predicted molar refractivity (Wildman–Crippen MR) is 38.8 cm³/mol.